The minimum atomic E-state index is -0.449. The van der Waals surface area contributed by atoms with Gasteiger partial charge in [0.05, 0.1) is 17.3 Å². The summed E-state index contributed by atoms with van der Waals surface area (Å²) in [4.78, 5) is 11.8. The van der Waals surface area contributed by atoms with Crippen molar-refractivity contribution in [2.45, 2.75) is 26.8 Å². The highest BCUT2D eigenvalue weighted by molar-refractivity contribution is 9.10. The van der Waals surface area contributed by atoms with Crippen LogP contribution in [0, 0.1) is 13.8 Å². The van der Waals surface area contributed by atoms with Crippen molar-refractivity contribution >= 4 is 15.9 Å². The summed E-state index contributed by atoms with van der Waals surface area (Å²) in [5.41, 5.74) is 1.86. The zero-order chi connectivity index (χ0) is 15.4. The largest absolute Gasteiger partial charge is 0.454 e. The van der Waals surface area contributed by atoms with Gasteiger partial charge in [0, 0.05) is 12.6 Å². The Morgan fingerprint density at radius 2 is 1.95 bits per heavy atom. The minimum Gasteiger partial charge on any atom is -0.454 e. The highest BCUT2D eigenvalue weighted by Crippen LogP contribution is 2.32. The van der Waals surface area contributed by atoms with Gasteiger partial charge >= 0.3 is 0 Å². The van der Waals surface area contributed by atoms with Crippen molar-refractivity contribution in [3.05, 3.63) is 56.4 Å². The number of aromatic nitrogens is 1. The molecule has 0 aliphatic heterocycles. The zero-order valence-corrected chi connectivity index (χ0v) is 13.6. The third-order valence-electron chi connectivity index (χ3n) is 3.20. The molecule has 112 valence electrons. The molecule has 5 heteroatoms. The van der Waals surface area contributed by atoms with Gasteiger partial charge in [-0.1, -0.05) is 18.2 Å². The molecule has 0 N–H and O–H groups in total. The molecular formula is C16H17BrFNO2. The molecule has 3 nitrogen and oxygen atoms in total. The van der Waals surface area contributed by atoms with Crippen LogP contribution in [0.15, 0.2) is 39.7 Å². The minimum absolute atomic E-state index is 0.177. The van der Waals surface area contributed by atoms with Crippen molar-refractivity contribution in [3.8, 4) is 11.5 Å². The summed E-state index contributed by atoms with van der Waals surface area (Å²) in [5.74, 6) is 1.32. The molecule has 0 spiro atoms. The molecule has 1 aromatic carbocycles. The summed E-state index contributed by atoms with van der Waals surface area (Å²) < 4.78 is 20.3. The van der Waals surface area contributed by atoms with Crippen molar-refractivity contribution in [1.82, 2.24) is 4.57 Å². The number of nitrogens with zero attached hydrogens (tertiary/aromatic N) is 1. The van der Waals surface area contributed by atoms with Gasteiger partial charge in [-0.25, -0.2) is 0 Å². The summed E-state index contributed by atoms with van der Waals surface area (Å²) in [7, 11) is 0. The molecule has 0 radical (unpaired) electrons. The number of hydrogen-bond acceptors (Lipinski definition) is 2. The molecule has 0 unspecified atom stereocenters. The number of halogens is 2. The van der Waals surface area contributed by atoms with Crippen LogP contribution in [-0.4, -0.2) is 11.2 Å². The van der Waals surface area contributed by atoms with Crippen molar-refractivity contribution < 1.29 is 9.13 Å². The highest BCUT2D eigenvalue weighted by Gasteiger charge is 2.10. The van der Waals surface area contributed by atoms with Crippen LogP contribution in [0.3, 0.4) is 0 Å². The molecule has 0 atom stereocenters. The fourth-order valence-corrected chi connectivity index (χ4v) is 2.46. The molecule has 21 heavy (non-hydrogen) atoms. The van der Waals surface area contributed by atoms with Gasteiger partial charge in [0.25, 0.3) is 5.56 Å². The second-order valence-electron chi connectivity index (χ2n) is 4.88. The van der Waals surface area contributed by atoms with E-state index in [1.807, 2.05) is 32.0 Å². The first-order valence-corrected chi connectivity index (χ1v) is 7.52. The van der Waals surface area contributed by atoms with Crippen LogP contribution in [0.25, 0.3) is 0 Å². The molecule has 0 aliphatic rings. The zero-order valence-electron chi connectivity index (χ0n) is 12.0. The topological polar surface area (TPSA) is 31.2 Å². The van der Waals surface area contributed by atoms with Gasteiger partial charge in [0.2, 0.25) is 0 Å². The smallest absolute Gasteiger partial charge is 0.251 e. The molecule has 0 saturated carbocycles. The van der Waals surface area contributed by atoms with Crippen LogP contribution in [0.1, 0.15) is 17.5 Å². The number of para-hydroxylation sites is 1. The Kier molecular flexibility index (Phi) is 5.17. The second-order valence-corrected chi connectivity index (χ2v) is 5.74. The molecule has 0 saturated heterocycles. The van der Waals surface area contributed by atoms with Crippen LogP contribution in [0.2, 0.25) is 0 Å². The number of benzene rings is 1. The quantitative estimate of drug-likeness (QED) is 0.798. The lowest BCUT2D eigenvalue weighted by atomic mass is 10.1. The van der Waals surface area contributed by atoms with Crippen LogP contribution >= 0.6 is 15.9 Å². The van der Waals surface area contributed by atoms with E-state index in [0.29, 0.717) is 23.2 Å². The predicted molar refractivity (Wildman–Crippen MR) is 85.0 cm³/mol. The number of pyridine rings is 1. The lowest BCUT2D eigenvalue weighted by Gasteiger charge is -2.14. The molecule has 2 rings (SSSR count). The first kappa shape index (κ1) is 15.8. The number of ether oxygens (including phenoxy) is 1. The van der Waals surface area contributed by atoms with Crippen molar-refractivity contribution in [1.29, 1.82) is 0 Å². The van der Waals surface area contributed by atoms with Gasteiger partial charge in [-0.3, -0.25) is 9.18 Å². The van der Waals surface area contributed by atoms with E-state index < -0.39 is 6.67 Å². The Morgan fingerprint density at radius 3 is 2.57 bits per heavy atom. The maximum absolute atomic E-state index is 12.3. The van der Waals surface area contributed by atoms with Gasteiger partial charge in [0.1, 0.15) is 5.75 Å². The second kappa shape index (κ2) is 6.89. The number of hydrogen-bond donors (Lipinski definition) is 0. The summed E-state index contributed by atoms with van der Waals surface area (Å²) in [6.07, 6.45) is 1.93. The fraction of sp³-hybridized carbons (Fsp3) is 0.312. The lowest BCUT2D eigenvalue weighted by molar-refractivity contribution is 0.433. The highest BCUT2D eigenvalue weighted by atomic mass is 79.9. The van der Waals surface area contributed by atoms with Crippen LogP contribution in [0.4, 0.5) is 4.39 Å². The average molecular weight is 354 g/mol. The standard InChI is InChI=1S/C16H17BrFNO2/c1-11-5-3-6-12(2)16(11)21-14-10-19(8-4-7-18)15(20)9-13(14)17/h3,5-6,9-10H,4,7-8H2,1-2H3. The normalized spacial score (nSPS) is 10.7. The molecule has 2 aromatic rings. The Hall–Kier alpha value is -1.62. The lowest BCUT2D eigenvalue weighted by Crippen LogP contribution is -2.19. The molecule has 0 fully saturated rings. The van der Waals surface area contributed by atoms with Crippen LogP contribution in [0.5, 0.6) is 11.5 Å². The number of aryl methyl sites for hydroxylation is 3. The van der Waals surface area contributed by atoms with E-state index in [9.17, 15) is 9.18 Å². The molecular weight excluding hydrogens is 337 g/mol. The first-order chi connectivity index (χ1) is 10.0. The van der Waals surface area contributed by atoms with Gasteiger partial charge in [-0.2, -0.15) is 0 Å². The van der Waals surface area contributed by atoms with Gasteiger partial charge < -0.3 is 9.30 Å². The molecule has 0 bridgehead atoms. The Bertz CT molecular complexity index is 677. The van der Waals surface area contributed by atoms with Crippen molar-refractivity contribution in [2.75, 3.05) is 6.67 Å². The SMILES string of the molecule is Cc1cccc(C)c1Oc1cn(CCCF)c(=O)cc1Br. The van der Waals surface area contributed by atoms with Crippen LogP contribution < -0.4 is 10.3 Å². The van der Waals surface area contributed by atoms with E-state index in [-0.39, 0.29) is 5.56 Å². The molecule has 0 aliphatic carbocycles. The Labute approximate surface area is 131 Å². The maximum Gasteiger partial charge on any atom is 0.251 e. The monoisotopic (exact) mass is 353 g/mol. The average Bonchev–Trinajstić information content (AvgIpc) is 2.44. The van der Waals surface area contributed by atoms with Gasteiger partial charge in [-0.15, -0.1) is 0 Å². The Morgan fingerprint density at radius 1 is 1.29 bits per heavy atom. The number of alkyl halides is 1. The third kappa shape index (κ3) is 3.73. The first-order valence-electron chi connectivity index (χ1n) is 6.73. The molecule has 1 aromatic heterocycles. The van der Waals surface area contributed by atoms with Gasteiger partial charge in [-0.05, 0) is 47.3 Å². The Balaban J connectivity index is 2.37. The predicted octanol–water partition coefficient (Wildman–Crippen LogP) is 4.38. The van der Waals surface area contributed by atoms with E-state index in [4.69, 9.17) is 4.74 Å². The molecule has 0 amide bonds. The molecule has 1 heterocycles. The summed E-state index contributed by atoms with van der Waals surface area (Å²) in [6.45, 7) is 3.83. The third-order valence-corrected chi connectivity index (χ3v) is 3.81. The van der Waals surface area contributed by atoms with Gasteiger partial charge in [0.15, 0.2) is 5.75 Å². The van der Waals surface area contributed by atoms with E-state index in [1.54, 1.807) is 6.20 Å². The van der Waals surface area contributed by atoms with Crippen LogP contribution in [-0.2, 0) is 6.54 Å². The van der Waals surface area contributed by atoms with E-state index in [0.717, 1.165) is 16.9 Å². The summed E-state index contributed by atoms with van der Waals surface area (Å²) in [6, 6.07) is 7.35. The summed E-state index contributed by atoms with van der Waals surface area (Å²) >= 11 is 3.34. The van der Waals surface area contributed by atoms with E-state index >= 15 is 0 Å². The maximum atomic E-state index is 12.3. The number of rotatable bonds is 5. The fourth-order valence-electron chi connectivity index (χ4n) is 2.08. The van der Waals surface area contributed by atoms with E-state index in [1.165, 1.54) is 10.6 Å². The van der Waals surface area contributed by atoms with Crippen molar-refractivity contribution in [2.24, 2.45) is 0 Å². The van der Waals surface area contributed by atoms with Crippen molar-refractivity contribution in [3.63, 3.8) is 0 Å². The summed E-state index contributed by atoms with van der Waals surface area (Å²) in [5, 5.41) is 0. The van der Waals surface area contributed by atoms with E-state index in [2.05, 4.69) is 15.9 Å².